The van der Waals surface area contributed by atoms with Crippen LogP contribution in [0.1, 0.15) is 26.2 Å². The Morgan fingerprint density at radius 1 is 1.00 bits per heavy atom. The molecule has 18 heavy (non-hydrogen) atoms. The lowest BCUT2D eigenvalue weighted by molar-refractivity contribution is -0.209. The second kappa shape index (κ2) is 9.37. The van der Waals surface area contributed by atoms with Crippen molar-refractivity contribution in [3.63, 3.8) is 0 Å². The normalized spacial score (nSPS) is 19.9. The van der Waals surface area contributed by atoms with Crippen molar-refractivity contribution in [1.29, 1.82) is 0 Å². The number of carbonyl (C=O) groups excluding carboxylic acids is 1. The predicted molar refractivity (Wildman–Crippen MR) is 61.6 cm³/mol. The van der Waals surface area contributed by atoms with Gasteiger partial charge >= 0.3 is 0 Å². The summed E-state index contributed by atoms with van der Waals surface area (Å²) in [5.74, 6) is 0. The predicted octanol–water partition coefficient (Wildman–Crippen LogP) is -1.85. The fraction of sp³-hybridized carbons (Fsp3) is 0.909. The molecule has 5 unspecified atom stereocenters. The summed E-state index contributed by atoms with van der Waals surface area (Å²) in [5.41, 5.74) is 0. The summed E-state index contributed by atoms with van der Waals surface area (Å²) in [6.07, 6.45) is -6.51. The molecule has 0 aromatic rings. The Balaban J connectivity index is 4.10. The van der Waals surface area contributed by atoms with E-state index >= 15 is 0 Å². The molecule has 0 aliphatic rings. The molecule has 0 bridgehead atoms. The van der Waals surface area contributed by atoms with E-state index in [1.54, 1.807) is 0 Å². The molecule has 0 amide bonds. The summed E-state index contributed by atoms with van der Waals surface area (Å²) < 4.78 is 4.85. The molecular weight excluding hydrogens is 244 g/mol. The molecule has 0 radical (unpaired) electrons. The van der Waals surface area contributed by atoms with E-state index < -0.39 is 30.7 Å². The molecule has 0 aliphatic heterocycles. The number of hydrogen-bond acceptors (Lipinski definition) is 7. The third-order valence-electron chi connectivity index (χ3n) is 2.52. The second-order valence-corrected chi connectivity index (χ2v) is 4.07. The first-order valence-corrected chi connectivity index (χ1v) is 5.92. The minimum Gasteiger partial charge on any atom is -0.387 e. The van der Waals surface area contributed by atoms with Gasteiger partial charge in [0, 0.05) is 6.61 Å². The van der Waals surface area contributed by atoms with Crippen molar-refractivity contribution in [2.45, 2.75) is 56.9 Å². The van der Waals surface area contributed by atoms with Gasteiger partial charge in [0.15, 0.2) is 12.6 Å². The fourth-order valence-corrected chi connectivity index (χ4v) is 1.31. The standard InChI is InChI=1S/C11H22O7/c1-2-3-4-5-18-11(17)10(16)9(15)8(14)7(13)6-12/h6-11,13-17H,2-5H2,1H3. The van der Waals surface area contributed by atoms with Gasteiger partial charge in [-0.1, -0.05) is 19.8 Å². The minimum atomic E-state index is -1.88. The summed E-state index contributed by atoms with van der Waals surface area (Å²) in [6.45, 7) is 2.19. The summed E-state index contributed by atoms with van der Waals surface area (Å²) in [4.78, 5) is 10.2. The Hall–Kier alpha value is -0.570. The molecule has 0 heterocycles. The van der Waals surface area contributed by atoms with E-state index in [9.17, 15) is 25.2 Å². The number of aliphatic hydroxyl groups excluding tert-OH is 5. The smallest absolute Gasteiger partial charge is 0.183 e. The molecule has 108 valence electrons. The molecule has 5 N–H and O–H groups in total. The van der Waals surface area contributed by atoms with Crippen molar-refractivity contribution in [2.75, 3.05) is 6.61 Å². The van der Waals surface area contributed by atoms with Gasteiger partial charge in [-0.25, -0.2) is 0 Å². The van der Waals surface area contributed by atoms with Crippen LogP contribution >= 0.6 is 0 Å². The van der Waals surface area contributed by atoms with Crippen LogP contribution in [0.2, 0.25) is 0 Å². The highest BCUT2D eigenvalue weighted by Crippen LogP contribution is 2.09. The van der Waals surface area contributed by atoms with E-state index in [0.29, 0.717) is 6.42 Å². The lowest BCUT2D eigenvalue weighted by Gasteiger charge is -2.27. The number of ether oxygens (including phenoxy) is 1. The van der Waals surface area contributed by atoms with Crippen LogP contribution in [-0.4, -0.2) is 69.1 Å². The second-order valence-electron chi connectivity index (χ2n) is 4.07. The molecule has 0 rings (SSSR count). The monoisotopic (exact) mass is 266 g/mol. The SMILES string of the molecule is CCCCCOC(O)C(O)C(O)C(O)C(O)C=O. The Morgan fingerprint density at radius 3 is 2.11 bits per heavy atom. The van der Waals surface area contributed by atoms with E-state index in [4.69, 9.17) is 9.84 Å². The molecule has 0 aliphatic carbocycles. The van der Waals surface area contributed by atoms with Crippen LogP contribution in [0.4, 0.5) is 0 Å². The first-order chi connectivity index (χ1) is 8.45. The number of rotatable bonds is 10. The van der Waals surface area contributed by atoms with Gasteiger partial charge in [0.2, 0.25) is 0 Å². The lowest BCUT2D eigenvalue weighted by Crippen LogP contribution is -2.50. The van der Waals surface area contributed by atoms with Gasteiger partial charge in [-0.2, -0.15) is 0 Å². The van der Waals surface area contributed by atoms with E-state index in [1.165, 1.54) is 0 Å². The molecule has 5 atom stereocenters. The van der Waals surface area contributed by atoms with Gasteiger partial charge in [0.05, 0.1) is 0 Å². The molecule has 0 aromatic carbocycles. The van der Waals surface area contributed by atoms with Crippen molar-refractivity contribution in [3.05, 3.63) is 0 Å². The number of hydrogen-bond donors (Lipinski definition) is 5. The van der Waals surface area contributed by atoms with Crippen LogP contribution in [0, 0.1) is 0 Å². The maximum absolute atomic E-state index is 10.2. The molecule has 0 saturated carbocycles. The Labute approximate surface area is 106 Å². The molecule has 0 spiro atoms. The van der Waals surface area contributed by atoms with Crippen molar-refractivity contribution in [3.8, 4) is 0 Å². The molecule has 0 saturated heterocycles. The summed E-state index contributed by atoms with van der Waals surface area (Å²) >= 11 is 0. The van der Waals surface area contributed by atoms with Crippen LogP contribution in [0.25, 0.3) is 0 Å². The maximum Gasteiger partial charge on any atom is 0.183 e. The number of carbonyl (C=O) groups is 1. The first kappa shape index (κ1) is 17.4. The third kappa shape index (κ3) is 5.85. The van der Waals surface area contributed by atoms with Crippen molar-refractivity contribution in [2.24, 2.45) is 0 Å². The van der Waals surface area contributed by atoms with E-state index in [1.807, 2.05) is 6.92 Å². The van der Waals surface area contributed by atoms with Crippen molar-refractivity contribution in [1.82, 2.24) is 0 Å². The number of aldehydes is 1. The number of unbranched alkanes of at least 4 members (excludes halogenated alkanes) is 2. The minimum absolute atomic E-state index is 0.0229. The van der Waals surface area contributed by atoms with Crippen molar-refractivity contribution < 1.29 is 35.1 Å². The third-order valence-corrected chi connectivity index (χ3v) is 2.52. The van der Waals surface area contributed by atoms with Gasteiger partial charge < -0.3 is 35.1 Å². The van der Waals surface area contributed by atoms with E-state index in [0.717, 1.165) is 12.8 Å². The molecule has 0 aromatic heterocycles. The van der Waals surface area contributed by atoms with Gasteiger partial charge in [-0.15, -0.1) is 0 Å². The highest BCUT2D eigenvalue weighted by Gasteiger charge is 2.34. The zero-order chi connectivity index (χ0) is 14.1. The van der Waals surface area contributed by atoms with Crippen LogP contribution in [0.5, 0.6) is 0 Å². The Morgan fingerprint density at radius 2 is 1.61 bits per heavy atom. The quantitative estimate of drug-likeness (QED) is 0.178. The zero-order valence-corrected chi connectivity index (χ0v) is 10.3. The highest BCUT2D eigenvalue weighted by molar-refractivity contribution is 5.56. The van der Waals surface area contributed by atoms with Gasteiger partial charge in [0.1, 0.15) is 24.4 Å². The van der Waals surface area contributed by atoms with E-state index in [2.05, 4.69) is 0 Å². The maximum atomic E-state index is 10.2. The highest BCUT2D eigenvalue weighted by atomic mass is 16.6. The van der Waals surface area contributed by atoms with Gasteiger partial charge in [0.25, 0.3) is 0 Å². The van der Waals surface area contributed by atoms with Gasteiger partial charge in [-0.3, -0.25) is 0 Å². The molecule has 0 fully saturated rings. The fourth-order valence-electron chi connectivity index (χ4n) is 1.31. The largest absolute Gasteiger partial charge is 0.387 e. The average molecular weight is 266 g/mol. The van der Waals surface area contributed by atoms with Crippen LogP contribution in [-0.2, 0) is 9.53 Å². The molecule has 7 heteroatoms. The summed E-state index contributed by atoms with van der Waals surface area (Å²) in [6, 6.07) is 0. The first-order valence-electron chi connectivity index (χ1n) is 5.92. The Kier molecular flexibility index (Phi) is 9.08. The summed E-state index contributed by atoms with van der Waals surface area (Å²) in [5, 5.41) is 46.4. The van der Waals surface area contributed by atoms with Crippen LogP contribution in [0.15, 0.2) is 0 Å². The van der Waals surface area contributed by atoms with Crippen LogP contribution in [0.3, 0.4) is 0 Å². The van der Waals surface area contributed by atoms with Crippen LogP contribution < -0.4 is 0 Å². The molecule has 7 nitrogen and oxygen atoms in total. The topological polar surface area (TPSA) is 127 Å². The Bertz CT molecular complexity index is 223. The zero-order valence-electron chi connectivity index (χ0n) is 10.3. The van der Waals surface area contributed by atoms with E-state index in [-0.39, 0.29) is 12.9 Å². The number of aliphatic hydroxyl groups is 5. The lowest BCUT2D eigenvalue weighted by atomic mass is 10.0. The van der Waals surface area contributed by atoms with Crippen molar-refractivity contribution >= 4 is 6.29 Å². The van der Waals surface area contributed by atoms with Gasteiger partial charge in [-0.05, 0) is 6.42 Å². The average Bonchev–Trinajstić information content (AvgIpc) is 2.39. The summed E-state index contributed by atoms with van der Waals surface area (Å²) in [7, 11) is 0. The molecular formula is C11H22O7.